The van der Waals surface area contributed by atoms with Crippen molar-refractivity contribution >= 4 is 11.8 Å². The topological polar surface area (TPSA) is 71.4 Å². The summed E-state index contributed by atoms with van der Waals surface area (Å²) in [5.74, 6) is -0.167. The lowest BCUT2D eigenvalue weighted by molar-refractivity contribution is -0.132. The van der Waals surface area contributed by atoms with Crippen molar-refractivity contribution in [3.05, 3.63) is 34.2 Å². The lowest BCUT2D eigenvalue weighted by Gasteiger charge is -2.30. The second kappa shape index (κ2) is 5.90. The summed E-state index contributed by atoms with van der Waals surface area (Å²) in [6, 6.07) is 2.92. The van der Waals surface area contributed by atoms with Gasteiger partial charge in [-0.15, -0.1) is 0 Å². The van der Waals surface area contributed by atoms with Gasteiger partial charge in [0.25, 0.3) is 11.5 Å². The Balaban J connectivity index is 2.03. The fraction of sp³-hybridized carbons (Fsp3) is 0.500. The number of carbonyl (C=O) groups excluding carboxylic acids is 2. The fourth-order valence-corrected chi connectivity index (χ4v) is 2.31. The number of piperidine rings is 1. The highest BCUT2D eigenvalue weighted by Gasteiger charge is 2.24. The fourth-order valence-electron chi connectivity index (χ4n) is 2.31. The molecule has 0 aliphatic carbocycles. The molecule has 1 aliphatic heterocycles. The minimum absolute atomic E-state index is 0.0567. The van der Waals surface area contributed by atoms with E-state index in [0.717, 1.165) is 0 Å². The normalized spacial score (nSPS) is 19.0. The summed E-state index contributed by atoms with van der Waals surface area (Å²) in [6.07, 6.45) is 2.70. The third-order valence-corrected chi connectivity index (χ3v) is 3.56. The van der Waals surface area contributed by atoms with Gasteiger partial charge < -0.3 is 14.8 Å². The van der Waals surface area contributed by atoms with E-state index in [2.05, 4.69) is 5.32 Å². The monoisotopic (exact) mass is 277 g/mol. The van der Waals surface area contributed by atoms with Crippen molar-refractivity contribution in [3.63, 3.8) is 0 Å². The second-order valence-electron chi connectivity index (χ2n) is 5.02. The van der Waals surface area contributed by atoms with E-state index in [9.17, 15) is 14.4 Å². The SMILES string of the molecule is CCn1ccc(C(=O)N[C@@H]2CCC(=O)N(C)C2)cc1=O. The Hall–Kier alpha value is -2.11. The van der Waals surface area contributed by atoms with Crippen LogP contribution in [0.4, 0.5) is 0 Å². The van der Waals surface area contributed by atoms with Gasteiger partial charge in [0.1, 0.15) is 0 Å². The molecule has 1 aliphatic rings. The number of amides is 2. The third-order valence-electron chi connectivity index (χ3n) is 3.56. The van der Waals surface area contributed by atoms with Crippen molar-refractivity contribution in [3.8, 4) is 0 Å². The van der Waals surface area contributed by atoms with Crippen LogP contribution >= 0.6 is 0 Å². The van der Waals surface area contributed by atoms with Crippen LogP contribution in [0.25, 0.3) is 0 Å². The van der Waals surface area contributed by atoms with Crippen LogP contribution in [-0.2, 0) is 11.3 Å². The number of nitrogens with zero attached hydrogens (tertiary/aromatic N) is 2. The molecule has 1 fully saturated rings. The highest BCUT2D eigenvalue weighted by molar-refractivity contribution is 5.94. The molecule has 1 aromatic rings. The number of likely N-dealkylation sites (N-methyl/N-ethyl adjacent to an activating group) is 1. The van der Waals surface area contributed by atoms with Gasteiger partial charge in [0.2, 0.25) is 5.91 Å². The lowest BCUT2D eigenvalue weighted by atomic mass is 10.1. The van der Waals surface area contributed by atoms with E-state index < -0.39 is 0 Å². The van der Waals surface area contributed by atoms with Crippen molar-refractivity contribution in [2.75, 3.05) is 13.6 Å². The molecular formula is C14H19N3O3. The quantitative estimate of drug-likeness (QED) is 0.859. The summed E-state index contributed by atoms with van der Waals surface area (Å²) in [5, 5.41) is 2.87. The molecule has 6 heteroatoms. The molecule has 0 radical (unpaired) electrons. The number of hydrogen-bond acceptors (Lipinski definition) is 3. The molecule has 2 amide bonds. The smallest absolute Gasteiger partial charge is 0.251 e. The van der Waals surface area contributed by atoms with Gasteiger partial charge in [-0.05, 0) is 19.4 Å². The van der Waals surface area contributed by atoms with E-state index >= 15 is 0 Å². The van der Waals surface area contributed by atoms with E-state index in [1.165, 1.54) is 10.6 Å². The Morgan fingerprint density at radius 3 is 2.80 bits per heavy atom. The van der Waals surface area contributed by atoms with E-state index in [0.29, 0.717) is 31.5 Å². The molecule has 0 saturated carbocycles. The third kappa shape index (κ3) is 3.07. The predicted octanol–water partition coefficient (Wildman–Crippen LogP) is 0.219. The summed E-state index contributed by atoms with van der Waals surface area (Å²) in [4.78, 5) is 36.8. The average molecular weight is 277 g/mol. The number of pyridine rings is 1. The van der Waals surface area contributed by atoms with Gasteiger partial charge in [0.15, 0.2) is 0 Å². The molecule has 0 unspecified atom stereocenters. The van der Waals surface area contributed by atoms with Crippen molar-refractivity contribution in [1.29, 1.82) is 0 Å². The standard InChI is InChI=1S/C14H19N3O3/c1-3-17-7-6-10(8-13(17)19)14(20)15-11-4-5-12(18)16(2)9-11/h6-8,11H,3-5,9H2,1-2H3,(H,15,20)/t11-/m1/s1. The zero-order valence-electron chi connectivity index (χ0n) is 11.8. The van der Waals surface area contributed by atoms with Crippen LogP contribution in [0.1, 0.15) is 30.1 Å². The maximum atomic E-state index is 12.1. The molecule has 108 valence electrons. The Morgan fingerprint density at radius 1 is 1.45 bits per heavy atom. The Bertz CT molecular complexity index is 579. The average Bonchev–Trinajstić information content (AvgIpc) is 2.42. The largest absolute Gasteiger partial charge is 0.348 e. The van der Waals surface area contributed by atoms with Gasteiger partial charge in [0.05, 0.1) is 0 Å². The Kier molecular flexibility index (Phi) is 4.22. The molecule has 1 saturated heterocycles. The van der Waals surface area contributed by atoms with Gasteiger partial charge in [0, 0.05) is 50.4 Å². The van der Waals surface area contributed by atoms with E-state index in [-0.39, 0.29) is 23.4 Å². The first-order valence-electron chi connectivity index (χ1n) is 6.76. The summed E-state index contributed by atoms with van der Waals surface area (Å²) in [5.41, 5.74) is 0.176. The zero-order valence-corrected chi connectivity index (χ0v) is 11.8. The van der Waals surface area contributed by atoms with Gasteiger partial charge in [-0.1, -0.05) is 0 Å². The molecule has 2 heterocycles. The van der Waals surface area contributed by atoms with Gasteiger partial charge in [-0.25, -0.2) is 0 Å². The number of aryl methyl sites for hydroxylation is 1. The number of aromatic nitrogens is 1. The maximum Gasteiger partial charge on any atom is 0.251 e. The molecule has 6 nitrogen and oxygen atoms in total. The summed E-state index contributed by atoms with van der Waals surface area (Å²) in [7, 11) is 1.73. The van der Waals surface area contributed by atoms with E-state index in [4.69, 9.17) is 0 Å². The van der Waals surface area contributed by atoms with Gasteiger partial charge in [-0.3, -0.25) is 14.4 Å². The van der Waals surface area contributed by atoms with E-state index in [1.54, 1.807) is 24.2 Å². The van der Waals surface area contributed by atoms with E-state index in [1.807, 2.05) is 6.92 Å². The van der Waals surface area contributed by atoms with Crippen LogP contribution in [0.15, 0.2) is 23.1 Å². The highest BCUT2D eigenvalue weighted by Crippen LogP contribution is 2.10. The molecule has 0 aromatic carbocycles. The summed E-state index contributed by atoms with van der Waals surface area (Å²) >= 11 is 0. The van der Waals surface area contributed by atoms with Gasteiger partial charge in [-0.2, -0.15) is 0 Å². The van der Waals surface area contributed by atoms with Crippen molar-refractivity contribution in [2.45, 2.75) is 32.4 Å². The lowest BCUT2D eigenvalue weighted by Crippen LogP contribution is -2.48. The van der Waals surface area contributed by atoms with Crippen molar-refractivity contribution < 1.29 is 9.59 Å². The Morgan fingerprint density at radius 2 is 2.20 bits per heavy atom. The molecule has 0 bridgehead atoms. The molecule has 1 N–H and O–H groups in total. The van der Waals surface area contributed by atoms with Crippen LogP contribution in [-0.4, -0.2) is 40.9 Å². The maximum absolute atomic E-state index is 12.1. The van der Waals surface area contributed by atoms with Crippen LogP contribution in [0.5, 0.6) is 0 Å². The molecule has 2 rings (SSSR count). The summed E-state index contributed by atoms with van der Waals surface area (Å²) < 4.78 is 1.53. The summed E-state index contributed by atoms with van der Waals surface area (Å²) in [6.45, 7) is 2.96. The van der Waals surface area contributed by atoms with Gasteiger partial charge >= 0.3 is 0 Å². The van der Waals surface area contributed by atoms with Crippen LogP contribution in [0, 0.1) is 0 Å². The first-order valence-corrected chi connectivity index (χ1v) is 6.76. The molecule has 1 atom stereocenters. The number of rotatable bonds is 3. The second-order valence-corrected chi connectivity index (χ2v) is 5.02. The first kappa shape index (κ1) is 14.3. The number of hydrogen-bond donors (Lipinski definition) is 1. The van der Waals surface area contributed by atoms with Crippen LogP contribution in [0.3, 0.4) is 0 Å². The predicted molar refractivity (Wildman–Crippen MR) is 74.5 cm³/mol. The minimum Gasteiger partial charge on any atom is -0.348 e. The number of likely N-dealkylation sites (tertiary alicyclic amines) is 1. The molecule has 0 spiro atoms. The molecular weight excluding hydrogens is 258 g/mol. The molecule has 20 heavy (non-hydrogen) atoms. The number of nitrogens with one attached hydrogen (secondary N) is 1. The highest BCUT2D eigenvalue weighted by atomic mass is 16.2. The van der Waals surface area contributed by atoms with Crippen molar-refractivity contribution in [1.82, 2.24) is 14.8 Å². The minimum atomic E-state index is -0.266. The van der Waals surface area contributed by atoms with Crippen LogP contribution in [0.2, 0.25) is 0 Å². The molecule has 1 aromatic heterocycles. The Labute approximate surface area is 117 Å². The van der Waals surface area contributed by atoms with Crippen molar-refractivity contribution in [2.24, 2.45) is 0 Å². The zero-order chi connectivity index (χ0) is 14.7. The first-order chi connectivity index (χ1) is 9.51. The van der Waals surface area contributed by atoms with Crippen LogP contribution < -0.4 is 10.9 Å². The number of carbonyl (C=O) groups is 2.